The van der Waals surface area contributed by atoms with E-state index in [1.807, 2.05) is 19.2 Å². The van der Waals surface area contributed by atoms with Gasteiger partial charge in [0.25, 0.3) is 0 Å². The Hall–Kier alpha value is -1.13. The molecular weight excluding hydrogens is 238 g/mol. The van der Waals surface area contributed by atoms with E-state index in [9.17, 15) is 0 Å². The van der Waals surface area contributed by atoms with E-state index in [0.29, 0.717) is 18.7 Å². The standard InChI is InChI=1S/C15H27N3O/c1-12(2)18(13(3)4)9-10-19-15-14(11-16-5)7-6-8-17-15/h6-8,12-13,16H,9-11H2,1-5H3. The molecule has 0 aliphatic carbocycles. The number of rotatable bonds is 8. The van der Waals surface area contributed by atoms with E-state index < -0.39 is 0 Å². The van der Waals surface area contributed by atoms with Crippen LogP contribution in [0, 0.1) is 0 Å². The molecule has 0 aromatic carbocycles. The molecular formula is C15H27N3O. The summed E-state index contributed by atoms with van der Waals surface area (Å²) in [5, 5.41) is 3.13. The summed E-state index contributed by atoms with van der Waals surface area (Å²) in [6.45, 7) is 11.2. The molecule has 0 amide bonds. The molecule has 0 aliphatic heterocycles. The molecule has 1 heterocycles. The molecule has 0 unspecified atom stereocenters. The van der Waals surface area contributed by atoms with Crippen molar-refractivity contribution in [2.75, 3.05) is 20.2 Å². The maximum Gasteiger partial charge on any atom is 0.217 e. The van der Waals surface area contributed by atoms with Crippen molar-refractivity contribution in [1.82, 2.24) is 15.2 Å². The van der Waals surface area contributed by atoms with Crippen LogP contribution in [0.1, 0.15) is 33.3 Å². The summed E-state index contributed by atoms with van der Waals surface area (Å²) in [6, 6.07) is 5.04. The smallest absolute Gasteiger partial charge is 0.217 e. The van der Waals surface area contributed by atoms with Gasteiger partial charge in [0.15, 0.2) is 0 Å². The van der Waals surface area contributed by atoms with Crippen LogP contribution in [0.3, 0.4) is 0 Å². The lowest BCUT2D eigenvalue weighted by atomic mass is 10.2. The van der Waals surface area contributed by atoms with Crippen LogP contribution in [0.2, 0.25) is 0 Å². The van der Waals surface area contributed by atoms with Gasteiger partial charge < -0.3 is 10.1 Å². The van der Waals surface area contributed by atoms with Gasteiger partial charge in [0.05, 0.1) is 0 Å². The lowest BCUT2D eigenvalue weighted by Crippen LogP contribution is -2.39. The molecule has 0 saturated heterocycles. The Labute approximate surface area is 117 Å². The fourth-order valence-corrected chi connectivity index (χ4v) is 2.24. The van der Waals surface area contributed by atoms with Crippen LogP contribution in [-0.2, 0) is 6.54 Å². The molecule has 1 aromatic rings. The summed E-state index contributed by atoms with van der Waals surface area (Å²) >= 11 is 0. The maximum atomic E-state index is 5.83. The second kappa shape index (κ2) is 8.12. The molecule has 1 N–H and O–H groups in total. The van der Waals surface area contributed by atoms with Gasteiger partial charge in [-0.2, -0.15) is 0 Å². The van der Waals surface area contributed by atoms with Gasteiger partial charge >= 0.3 is 0 Å². The van der Waals surface area contributed by atoms with Crippen LogP contribution >= 0.6 is 0 Å². The lowest BCUT2D eigenvalue weighted by Gasteiger charge is -2.30. The van der Waals surface area contributed by atoms with Gasteiger partial charge in [-0.3, -0.25) is 4.90 Å². The number of pyridine rings is 1. The Balaban J connectivity index is 2.52. The van der Waals surface area contributed by atoms with E-state index in [1.54, 1.807) is 6.20 Å². The Morgan fingerprint density at radius 2 is 1.95 bits per heavy atom. The van der Waals surface area contributed by atoms with E-state index >= 15 is 0 Å². The van der Waals surface area contributed by atoms with Crippen LogP contribution in [0.25, 0.3) is 0 Å². The monoisotopic (exact) mass is 265 g/mol. The first-order valence-corrected chi connectivity index (χ1v) is 7.03. The van der Waals surface area contributed by atoms with Crippen molar-refractivity contribution in [3.05, 3.63) is 23.9 Å². The minimum atomic E-state index is 0.532. The van der Waals surface area contributed by atoms with Crippen molar-refractivity contribution in [3.63, 3.8) is 0 Å². The van der Waals surface area contributed by atoms with E-state index in [1.165, 1.54) is 0 Å². The summed E-state index contributed by atoms with van der Waals surface area (Å²) in [4.78, 5) is 6.72. The van der Waals surface area contributed by atoms with Crippen molar-refractivity contribution < 1.29 is 4.74 Å². The predicted molar refractivity (Wildman–Crippen MR) is 79.5 cm³/mol. The summed E-state index contributed by atoms with van der Waals surface area (Å²) in [6.07, 6.45) is 1.77. The fraction of sp³-hybridized carbons (Fsp3) is 0.667. The SMILES string of the molecule is CNCc1cccnc1OCCN(C(C)C)C(C)C. The first-order chi connectivity index (χ1) is 9.06. The van der Waals surface area contributed by atoms with Gasteiger partial charge in [-0.05, 0) is 40.8 Å². The van der Waals surface area contributed by atoms with Crippen molar-refractivity contribution in [3.8, 4) is 5.88 Å². The summed E-state index contributed by atoms with van der Waals surface area (Å²) in [5.41, 5.74) is 1.10. The topological polar surface area (TPSA) is 37.4 Å². The average Bonchev–Trinajstić information content (AvgIpc) is 2.35. The van der Waals surface area contributed by atoms with E-state index in [0.717, 1.165) is 24.5 Å². The third kappa shape index (κ3) is 5.17. The van der Waals surface area contributed by atoms with Gasteiger partial charge in [-0.15, -0.1) is 0 Å². The number of nitrogens with one attached hydrogen (secondary N) is 1. The molecule has 0 radical (unpaired) electrons. The quantitative estimate of drug-likeness (QED) is 0.782. The van der Waals surface area contributed by atoms with Gasteiger partial charge in [0.1, 0.15) is 6.61 Å². The highest BCUT2D eigenvalue weighted by atomic mass is 16.5. The molecule has 0 atom stereocenters. The van der Waals surface area contributed by atoms with Crippen LogP contribution in [0.5, 0.6) is 5.88 Å². The summed E-state index contributed by atoms with van der Waals surface area (Å²) < 4.78 is 5.83. The number of aromatic nitrogens is 1. The third-order valence-corrected chi connectivity index (χ3v) is 3.13. The number of nitrogens with zero attached hydrogens (tertiary/aromatic N) is 2. The molecule has 1 aromatic heterocycles. The molecule has 0 aliphatic rings. The molecule has 0 bridgehead atoms. The maximum absolute atomic E-state index is 5.83. The van der Waals surface area contributed by atoms with Crippen molar-refractivity contribution in [2.24, 2.45) is 0 Å². The summed E-state index contributed by atoms with van der Waals surface area (Å²) in [5.74, 6) is 0.740. The lowest BCUT2D eigenvalue weighted by molar-refractivity contribution is 0.139. The highest BCUT2D eigenvalue weighted by Crippen LogP contribution is 2.14. The van der Waals surface area contributed by atoms with Crippen molar-refractivity contribution in [2.45, 2.75) is 46.3 Å². The van der Waals surface area contributed by atoms with Gasteiger partial charge in [0.2, 0.25) is 5.88 Å². The molecule has 4 heteroatoms. The number of hydrogen-bond acceptors (Lipinski definition) is 4. The van der Waals surface area contributed by atoms with Gasteiger partial charge in [-0.25, -0.2) is 4.98 Å². The van der Waals surface area contributed by atoms with Crippen molar-refractivity contribution in [1.29, 1.82) is 0 Å². The Bertz CT molecular complexity index is 358. The zero-order chi connectivity index (χ0) is 14.3. The molecule has 108 valence electrons. The van der Waals surface area contributed by atoms with Crippen LogP contribution in [-0.4, -0.2) is 42.2 Å². The molecule has 19 heavy (non-hydrogen) atoms. The Morgan fingerprint density at radius 3 is 2.53 bits per heavy atom. The van der Waals surface area contributed by atoms with Crippen LogP contribution in [0.15, 0.2) is 18.3 Å². The minimum Gasteiger partial charge on any atom is -0.476 e. The second-order valence-electron chi connectivity index (χ2n) is 5.27. The number of hydrogen-bond donors (Lipinski definition) is 1. The average molecular weight is 265 g/mol. The van der Waals surface area contributed by atoms with Gasteiger partial charge in [0, 0.05) is 36.9 Å². The zero-order valence-electron chi connectivity index (χ0n) is 12.8. The van der Waals surface area contributed by atoms with Gasteiger partial charge in [-0.1, -0.05) is 6.07 Å². The first-order valence-electron chi connectivity index (χ1n) is 7.03. The molecule has 1 rings (SSSR count). The minimum absolute atomic E-state index is 0.532. The molecule has 0 spiro atoms. The zero-order valence-corrected chi connectivity index (χ0v) is 12.8. The number of ether oxygens (including phenoxy) is 1. The van der Waals surface area contributed by atoms with E-state index in [-0.39, 0.29) is 0 Å². The Morgan fingerprint density at radius 1 is 1.26 bits per heavy atom. The molecule has 0 saturated carbocycles. The molecule has 4 nitrogen and oxygen atoms in total. The largest absolute Gasteiger partial charge is 0.476 e. The highest BCUT2D eigenvalue weighted by Gasteiger charge is 2.13. The highest BCUT2D eigenvalue weighted by molar-refractivity contribution is 5.25. The Kier molecular flexibility index (Phi) is 6.81. The fourth-order valence-electron chi connectivity index (χ4n) is 2.24. The first kappa shape index (κ1) is 15.9. The van der Waals surface area contributed by atoms with Crippen molar-refractivity contribution >= 4 is 0 Å². The molecule has 0 fully saturated rings. The normalized spacial score (nSPS) is 11.6. The van der Waals surface area contributed by atoms with E-state index in [4.69, 9.17) is 4.74 Å². The third-order valence-electron chi connectivity index (χ3n) is 3.13. The van der Waals surface area contributed by atoms with Crippen LogP contribution < -0.4 is 10.1 Å². The summed E-state index contributed by atoms with van der Waals surface area (Å²) in [7, 11) is 1.93. The predicted octanol–water partition coefficient (Wildman–Crippen LogP) is 2.30. The van der Waals surface area contributed by atoms with Crippen LogP contribution in [0.4, 0.5) is 0 Å². The second-order valence-corrected chi connectivity index (χ2v) is 5.27. The van der Waals surface area contributed by atoms with E-state index in [2.05, 4.69) is 42.9 Å².